The number of benzene rings is 1. The van der Waals surface area contributed by atoms with Crippen molar-refractivity contribution < 1.29 is 4.39 Å². The van der Waals surface area contributed by atoms with Gasteiger partial charge in [0.25, 0.3) is 0 Å². The van der Waals surface area contributed by atoms with Gasteiger partial charge >= 0.3 is 0 Å². The van der Waals surface area contributed by atoms with Crippen LogP contribution in [0.3, 0.4) is 0 Å². The zero-order valence-electron chi connectivity index (χ0n) is 12.9. The third kappa shape index (κ3) is 5.55. The van der Waals surface area contributed by atoms with Crippen LogP contribution in [0.5, 0.6) is 0 Å². The maximum absolute atomic E-state index is 13.6. The quantitative estimate of drug-likeness (QED) is 0.870. The number of hydrogen-bond acceptors (Lipinski definition) is 3. The Morgan fingerprint density at radius 1 is 1.29 bits per heavy atom. The minimum atomic E-state index is -0.235. The van der Waals surface area contributed by atoms with Crippen LogP contribution in [0.15, 0.2) is 18.2 Å². The maximum Gasteiger partial charge on any atom is 0.129 e. The van der Waals surface area contributed by atoms with Crippen LogP contribution in [0.25, 0.3) is 0 Å². The van der Waals surface area contributed by atoms with Gasteiger partial charge in [0.1, 0.15) is 5.82 Å². The van der Waals surface area contributed by atoms with Crippen molar-refractivity contribution in [3.05, 3.63) is 34.6 Å². The SMILES string of the molecule is C[C@@H](CNCc1ccc(Cl)cc1F)CN1CCN(C)CC1. The molecular formula is C16H25ClFN3. The van der Waals surface area contributed by atoms with Gasteiger partial charge < -0.3 is 15.1 Å². The maximum atomic E-state index is 13.6. The molecule has 0 aliphatic carbocycles. The predicted octanol–water partition coefficient (Wildman–Crippen LogP) is 2.45. The van der Waals surface area contributed by atoms with Gasteiger partial charge in [0, 0.05) is 49.9 Å². The monoisotopic (exact) mass is 313 g/mol. The van der Waals surface area contributed by atoms with Crippen LogP contribution in [0, 0.1) is 11.7 Å². The lowest BCUT2D eigenvalue weighted by molar-refractivity contribution is 0.138. The van der Waals surface area contributed by atoms with E-state index in [1.165, 1.54) is 6.07 Å². The van der Waals surface area contributed by atoms with E-state index in [2.05, 4.69) is 29.1 Å². The van der Waals surface area contributed by atoms with Gasteiger partial charge in [-0.25, -0.2) is 4.39 Å². The number of likely N-dealkylation sites (N-methyl/N-ethyl adjacent to an activating group) is 1. The topological polar surface area (TPSA) is 18.5 Å². The normalized spacial score (nSPS) is 18.9. The van der Waals surface area contributed by atoms with E-state index in [-0.39, 0.29) is 5.82 Å². The van der Waals surface area contributed by atoms with Crippen LogP contribution in [-0.4, -0.2) is 56.1 Å². The van der Waals surface area contributed by atoms with E-state index in [0.29, 0.717) is 23.0 Å². The summed E-state index contributed by atoms with van der Waals surface area (Å²) < 4.78 is 13.6. The third-order valence-electron chi connectivity index (χ3n) is 3.99. The fourth-order valence-corrected chi connectivity index (χ4v) is 2.81. The highest BCUT2D eigenvalue weighted by Crippen LogP contribution is 2.14. The van der Waals surface area contributed by atoms with Gasteiger partial charge in [0.2, 0.25) is 0 Å². The molecule has 0 bridgehead atoms. The molecule has 1 fully saturated rings. The van der Waals surface area contributed by atoms with Crippen molar-refractivity contribution in [3.63, 3.8) is 0 Å². The molecule has 1 saturated heterocycles. The minimum absolute atomic E-state index is 0.235. The molecular weight excluding hydrogens is 289 g/mol. The van der Waals surface area contributed by atoms with E-state index in [9.17, 15) is 4.39 Å². The first kappa shape index (κ1) is 16.7. The van der Waals surface area contributed by atoms with Crippen LogP contribution < -0.4 is 5.32 Å². The summed E-state index contributed by atoms with van der Waals surface area (Å²) >= 11 is 5.75. The van der Waals surface area contributed by atoms with Crippen molar-refractivity contribution >= 4 is 11.6 Å². The Morgan fingerprint density at radius 3 is 2.67 bits per heavy atom. The molecule has 1 aromatic carbocycles. The van der Waals surface area contributed by atoms with Crippen LogP contribution >= 0.6 is 11.6 Å². The highest BCUT2D eigenvalue weighted by atomic mass is 35.5. The Kier molecular flexibility index (Phi) is 6.42. The number of rotatable bonds is 6. The highest BCUT2D eigenvalue weighted by Gasteiger charge is 2.15. The smallest absolute Gasteiger partial charge is 0.129 e. The van der Waals surface area contributed by atoms with E-state index < -0.39 is 0 Å². The summed E-state index contributed by atoms with van der Waals surface area (Å²) in [6, 6.07) is 4.84. The Labute approximate surface area is 132 Å². The van der Waals surface area contributed by atoms with Gasteiger partial charge in [0.15, 0.2) is 0 Å². The van der Waals surface area contributed by atoms with E-state index >= 15 is 0 Å². The highest BCUT2D eigenvalue weighted by molar-refractivity contribution is 6.30. The molecule has 1 aliphatic rings. The molecule has 0 aromatic heterocycles. The van der Waals surface area contributed by atoms with E-state index in [0.717, 1.165) is 39.3 Å². The van der Waals surface area contributed by atoms with Crippen LogP contribution in [0.4, 0.5) is 4.39 Å². The molecule has 5 heteroatoms. The van der Waals surface area contributed by atoms with Crippen molar-refractivity contribution in [1.82, 2.24) is 15.1 Å². The van der Waals surface area contributed by atoms with Gasteiger partial charge in [-0.3, -0.25) is 0 Å². The summed E-state index contributed by atoms with van der Waals surface area (Å²) in [6.07, 6.45) is 0. The average Bonchev–Trinajstić information content (AvgIpc) is 2.44. The molecule has 0 unspecified atom stereocenters. The lowest BCUT2D eigenvalue weighted by Gasteiger charge is -2.34. The van der Waals surface area contributed by atoms with E-state index in [1.54, 1.807) is 12.1 Å². The van der Waals surface area contributed by atoms with Crippen molar-refractivity contribution in [2.75, 3.05) is 46.3 Å². The summed E-state index contributed by atoms with van der Waals surface area (Å²) in [7, 11) is 2.17. The standard InChI is InChI=1S/C16H25ClFN3/c1-13(12-21-7-5-20(2)6-8-21)10-19-11-14-3-4-15(17)9-16(14)18/h3-4,9,13,19H,5-8,10-12H2,1-2H3/t13-/m0/s1. The fraction of sp³-hybridized carbons (Fsp3) is 0.625. The van der Waals surface area contributed by atoms with E-state index in [1.807, 2.05) is 0 Å². The first-order valence-electron chi connectivity index (χ1n) is 7.60. The summed E-state index contributed by atoms with van der Waals surface area (Å²) in [5.41, 5.74) is 0.672. The van der Waals surface area contributed by atoms with Gasteiger partial charge in [-0.1, -0.05) is 24.6 Å². The Hall–Kier alpha value is -0.680. The summed E-state index contributed by atoms with van der Waals surface area (Å²) in [4.78, 5) is 4.87. The molecule has 1 aliphatic heterocycles. The van der Waals surface area contributed by atoms with Crippen molar-refractivity contribution in [3.8, 4) is 0 Å². The summed E-state index contributed by atoms with van der Waals surface area (Å²) in [5, 5.41) is 3.78. The van der Waals surface area contributed by atoms with Crippen molar-refractivity contribution in [1.29, 1.82) is 0 Å². The number of nitrogens with zero attached hydrogens (tertiary/aromatic N) is 2. The van der Waals surface area contributed by atoms with Gasteiger partial charge in [-0.15, -0.1) is 0 Å². The first-order chi connectivity index (χ1) is 10.0. The van der Waals surface area contributed by atoms with Gasteiger partial charge in [-0.05, 0) is 31.6 Å². The third-order valence-corrected chi connectivity index (χ3v) is 4.22. The fourth-order valence-electron chi connectivity index (χ4n) is 2.65. The molecule has 1 aromatic rings. The Morgan fingerprint density at radius 2 is 2.00 bits per heavy atom. The van der Waals surface area contributed by atoms with Crippen LogP contribution in [0.1, 0.15) is 12.5 Å². The van der Waals surface area contributed by atoms with Crippen LogP contribution in [0.2, 0.25) is 5.02 Å². The molecule has 1 heterocycles. The van der Waals surface area contributed by atoms with E-state index in [4.69, 9.17) is 11.6 Å². The zero-order valence-corrected chi connectivity index (χ0v) is 13.7. The lowest BCUT2D eigenvalue weighted by Crippen LogP contribution is -2.46. The lowest BCUT2D eigenvalue weighted by atomic mass is 10.1. The van der Waals surface area contributed by atoms with Crippen molar-refractivity contribution in [2.45, 2.75) is 13.5 Å². The Balaban J connectivity index is 1.68. The number of nitrogens with one attached hydrogen (secondary N) is 1. The molecule has 0 radical (unpaired) electrons. The number of piperazine rings is 1. The summed E-state index contributed by atoms with van der Waals surface area (Å²) in [6.45, 7) is 9.38. The van der Waals surface area contributed by atoms with Gasteiger partial charge in [-0.2, -0.15) is 0 Å². The van der Waals surface area contributed by atoms with Gasteiger partial charge in [0.05, 0.1) is 0 Å². The average molecular weight is 314 g/mol. The molecule has 1 atom stereocenters. The molecule has 1 N–H and O–H groups in total. The van der Waals surface area contributed by atoms with Crippen LogP contribution in [-0.2, 0) is 6.54 Å². The molecule has 0 saturated carbocycles. The second kappa shape index (κ2) is 8.08. The minimum Gasteiger partial charge on any atom is -0.312 e. The predicted molar refractivity (Wildman–Crippen MR) is 86.2 cm³/mol. The second-order valence-corrected chi connectivity index (χ2v) is 6.51. The Bertz CT molecular complexity index is 447. The first-order valence-corrected chi connectivity index (χ1v) is 7.98. The molecule has 0 amide bonds. The largest absolute Gasteiger partial charge is 0.312 e. The summed E-state index contributed by atoms with van der Waals surface area (Å²) in [5.74, 6) is 0.325. The molecule has 118 valence electrons. The second-order valence-electron chi connectivity index (χ2n) is 6.08. The molecule has 3 nitrogen and oxygen atoms in total. The zero-order chi connectivity index (χ0) is 15.2. The number of hydrogen-bond donors (Lipinski definition) is 1. The number of halogens is 2. The molecule has 21 heavy (non-hydrogen) atoms. The van der Waals surface area contributed by atoms with Crippen molar-refractivity contribution in [2.24, 2.45) is 5.92 Å². The molecule has 0 spiro atoms. The molecule has 2 rings (SSSR count).